The second kappa shape index (κ2) is 8.06. The first-order chi connectivity index (χ1) is 11.1. The lowest BCUT2D eigenvalue weighted by atomic mass is 10.2. The summed E-state index contributed by atoms with van der Waals surface area (Å²) in [5.41, 5.74) is 0.386. The molecule has 2 N–H and O–H groups in total. The van der Waals surface area contributed by atoms with Crippen molar-refractivity contribution in [3.05, 3.63) is 51.7 Å². The van der Waals surface area contributed by atoms with Gasteiger partial charge in [-0.3, -0.25) is 4.79 Å². The van der Waals surface area contributed by atoms with Gasteiger partial charge in [0.05, 0.1) is 10.7 Å². The fourth-order valence-electron chi connectivity index (χ4n) is 1.84. The van der Waals surface area contributed by atoms with Crippen molar-refractivity contribution >= 4 is 29.0 Å². The summed E-state index contributed by atoms with van der Waals surface area (Å²) in [6, 6.07) is 6.19. The van der Waals surface area contributed by atoms with Crippen LogP contribution in [0.2, 0.25) is 0 Å². The van der Waals surface area contributed by atoms with Crippen molar-refractivity contribution in [2.45, 2.75) is 6.92 Å². The summed E-state index contributed by atoms with van der Waals surface area (Å²) in [6.45, 7) is 2.64. The predicted molar refractivity (Wildman–Crippen MR) is 88.5 cm³/mol. The summed E-state index contributed by atoms with van der Waals surface area (Å²) in [6.07, 6.45) is 4.85. The molecule has 0 saturated heterocycles. The van der Waals surface area contributed by atoms with Gasteiger partial charge >= 0.3 is 0 Å². The van der Waals surface area contributed by atoms with Crippen molar-refractivity contribution in [1.29, 1.82) is 5.26 Å². The van der Waals surface area contributed by atoms with E-state index in [1.165, 1.54) is 29.5 Å². The van der Waals surface area contributed by atoms with Crippen LogP contribution in [0.5, 0.6) is 0 Å². The van der Waals surface area contributed by atoms with Crippen LogP contribution in [-0.2, 0) is 4.79 Å². The number of rotatable bonds is 6. The van der Waals surface area contributed by atoms with Gasteiger partial charge in [-0.05, 0) is 25.1 Å². The average molecular weight is 330 g/mol. The van der Waals surface area contributed by atoms with Crippen molar-refractivity contribution in [3.63, 3.8) is 0 Å². The number of hydrogen-bond acceptors (Lipinski definition) is 5. The number of halogens is 1. The van der Waals surface area contributed by atoms with Crippen molar-refractivity contribution in [2.24, 2.45) is 0 Å². The quantitative estimate of drug-likeness (QED) is 0.630. The van der Waals surface area contributed by atoms with Gasteiger partial charge in [0, 0.05) is 30.2 Å². The normalized spacial score (nSPS) is 10.5. The van der Waals surface area contributed by atoms with Crippen LogP contribution in [0.25, 0.3) is 6.08 Å². The molecule has 1 amide bonds. The van der Waals surface area contributed by atoms with Crippen LogP contribution in [0.4, 0.5) is 10.1 Å². The van der Waals surface area contributed by atoms with Gasteiger partial charge in [0.1, 0.15) is 17.4 Å². The first-order valence-corrected chi connectivity index (χ1v) is 7.72. The third-order valence-corrected chi connectivity index (χ3v) is 3.78. The number of nitrogens with one attached hydrogen (secondary N) is 2. The molecule has 1 heterocycles. The lowest BCUT2D eigenvalue weighted by Gasteiger charge is -2.08. The number of carbonyl (C=O) groups excluding carboxylic acids is 1. The number of hydrogen-bond donors (Lipinski definition) is 2. The molecule has 0 aliphatic rings. The topological polar surface area (TPSA) is 77.8 Å². The van der Waals surface area contributed by atoms with Gasteiger partial charge in [-0.15, -0.1) is 11.3 Å². The van der Waals surface area contributed by atoms with Crippen LogP contribution in [0.1, 0.15) is 15.4 Å². The largest absolute Gasteiger partial charge is 0.382 e. The van der Waals surface area contributed by atoms with E-state index in [1.54, 1.807) is 18.3 Å². The summed E-state index contributed by atoms with van der Waals surface area (Å²) >= 11 is 1.50. The summed E-state index contributed by atoms with van der Waals surface area (Å²) in [5, 5.41) is 15.5. The average Bonchev–Trinajstić information content (AvgIpc) is 2.95. The second-order valence-corrected chi connectivity index (χ2v) is 5.87. The Labute approximate surface area is 137 Å². The maximum atomic E-state index is 13.4. The van der Waals surface area contributed by atoms with Gasteiger partial charge < -0.3 is 10.6 Å². The highest BCUT2D eigenvalue weighted by atomic mass is 32.1. The van der Waals surface area contributed by atoms with Gasteiger partial charge in [-0.25, -0.2) is 9.37 Å². The SMILES string of the molecule is Cc1ncc(/C=C/C(=O)NCCNc2cccc(F)c2C#N)s1. The molecule has 1 aromatic carbocycles. The van der Waals surface area contributed by atoms with E-state index in [1.807, 2.05) is 13.0 Å². The Kier molecular flexibility index (Phi) is 5.83. The van der Waals surface area contributed by atoms with E-state index >= 15 is 0 Å². The molecule has 0 bridgehead atoms. The molecule has 2 rings (SSSR count). The van der Waals surface area contributed by atoms with Gasteiger partial charge in [0.25, 0.3) is 0 Å². The zero-order chi connectivity index (χ0) is 16.7. The number of anilines is 1. The van der Waals surface area contributed by atoms with Crippen molar-refractivity contribution < 1.29 is 9.18 Å². The Hall–Kier alpha value is -2.72. The second-order valence-electron chi connectivity index (χ2n) is 4.61. The molecule has 0 saturated carbocycles. The molecule has 1 aromatic heterocycles. The molecule has 0 radical (unpaired) electrons. The Morgan fingerprint density at radius 1 is 1.48 bits per heavy atom. The van der Waals surface area contributed by atoms with E-state index in [2.05, 4.69) is 15.6 Å². The van der Waals surface area contributed by atoms with E-state index in [9.17, 15) is 9.18 Å². The van der Waals surface area contributed by atoms with Crippen LogP contribution in [0, 0.1) is 24.1 Å². The Morgan fingerprint density at radius 2 is 2.30 bits per heavy atom. The zero-order valence-corrected chi connectivity index (χ0v) is 13.3. The molecule has 23 heavy (non-hydrogen) atoms. The van der Waals surface area contributed by atoms with E-state index in [0.29, 0.717) is 18.8 Å². The summed E-state index contributed by atoms with van der Waals surface area (Å²) in [4.78, 5) is 16.7. The number of nitrogens with zero attached hydrogens (tertiary/aromatic N) is 2. The highest BCUT2D eigenvalue weighted by Crippen LogP contribution is 2.17. The fourth-order valence-corrected chi connectivity index (χ4v) is 2.53. The minimum atomic E-state index is -0.565. The van der Waals surface area contributed by atoms with E-state index in [4.69, 9.17) is 5.26 Å². The number of aromatic nitrogens is 1. The first kappa shape index (κ1) is 16.6. The van der Waals surface area contributed by atoms with Crippen molar-refractivity contribution in [3.8, 4) is 6.07 Å². The van der Waals surface area contributed by atoms with E-state index in [0.717, 1.165) is 9.88 Å². The van der Waals surface area contributed by atoms with Crippen molar-refractivity contribution in [1.82, 2.24) is 10.3 Å². The number of amides is 1. The van der Waals surface area contributed by atoms with Crippen LogP contribution in [0.3, 0.4) is 0 Å². The van der Waals surface area contributed by atoms with Gasteiger partial charge in [-0.2, -0.15) is 5.26 Å². The molecular weight excluding hydrogens is 315 g/mol. The Morgan fingerprint density at radius 3 is 3.00 bits per heavy atom. The molecule has 2 aromatic rings. The minimum Gasteiger partial charge on any atom is -0.382 e. The lowest BCUT2D eigenvalue weighted by Crippen LogP contribution is -2.27. The Bertz CT molecular complexity index is 764. The maximum Gasteiger partial charge on any atom is 0.244 e. The van der Waals surface area contributed by atoms with Crippen LogP contribution in [0.15, 0.2) is 30.5 Å². The van der Waals surface area contributed by atoms with Gasteiger partial charge in [-0.1, -0.05) is 6.07 Å². The molecule has 0 fully saturated rings. The number of nitriles is 1. The van der Waals surface area contributed by atoms with Gasteiger partial charge in [0.2, 0.25) is 5.91 Å². The summed E-state index contributed by atoms with van der Waals surface area (Å²) < 4.78 is 13.4. The highest BCUT2D eigenvalue weighted by molar-refractivity contribution is 7.12. The lowest BCUT2D eigenvalue weighted by molar-refractivity contribution is -0.116. The molecule has 0 atom stereocenters. The van der Waals surface area contributed by atoms with E-state index < -0.39 is 5.82 Å². The van der Waals surface area contributed by atoms with Crippen LogP contribution < -0.4 is 10.6 Å². The number of benzene rings is 1. The van der Waals surface area contributed by atoms with Gasteiger partial charge in [0.15, 0.2) is 0 Å². The zero-order valence-electron chi connectivity index (χ0n) is 12.5. The molecule has 7 heteroatoms. The predicted octanol–water partition coefficient (Wildman–Crippen LogP) is 2.70. The summed E-state index contributed by atoms with van der Waals surface area (Å²) in [5.74, 6) is -0.790. The third-order valence-electron chi connectivity index (χ3n) is 2.90. The monoisotopic (exact) mass is 330 g/mol. The van der Waals surface area contributed by atoms with Crippen LogP contribution >= 0.6 is 11.3 Å². The summed E-state index contributed by atoms with van der Waals surface area (Å²) in [7, 11) is 0. The minimum absolute atomic E-state index is 0.0284. The maximum absolute atomic E-state index is 13.4. The highest BCUT2D eigenvalue weighted by Gasteiger charge is 2.06. The smallest absolute Gasteiger partial charge is 0.244 e. The van der Waals surface area contributed by atoms with E-state index in [-0.39, 0.29) is 11.5 Å². The molecule has 0 spiro atoms. The number of thiazole rings is 1. The third kappa shape index (κ3) is 4.90. The first-order valence-electron chi connectivity index (χ1n) is 6.91. The number of carbonyl (C=O) groups is 1. The molecule has 5 nitrogen and oxygen atoms in total. The van der Waals surface area contributed by atoms with Crippen LogP contribution in [-0.4, -0.2) is 24.0 Å². The Balaban J connectivity index is 1.77. The molecule has 118 valence electrons. The molecule has 0 unspecified atom stereocenters. The fraction of sp³-hybridized carbons (Fsp3) is 0.188. The molecule has 0 aliphatic heterocycles. The number of aryl methyl sites for hydroxylation is 1. The molecule has 0 aliphatic carbocycles. The standard InChI is InChI=1S/C16H15FN4OS/c1-11-21-10-12(23-11)5-6-16(22)20-8-7-19-15-4-2-3-14(17)13(15)9-18/h2-6,10,19H,7-8H2,1H3,(H,20,22)/b6-5+. The van der Waals surface area contributed by atoms with Crippen molar-refractivity contribution in [2.75, 3.05) is 18.4 Å². The molecular formula is C16H15FN4OS.